The van der Waals surface area contributed by atoms with Crippen molar-refractivity contribution in [3.8, 4) is 0 Å². The zero-order valence-electron chi connectivity index (χ0n) is 16.7. The van der Waals surface area contributed by atoms with E-state index in [-0.39, 0.29) is 40.7 Å². The fourth-order valence-corrected chi connectivity index (χ4v) is 7.89. The number of aliphatic carboxylic acids is 1. The molecule has 4 aliphatic carbocycles. The van der Waals surface area contributed by atoms with Crippen LogP contribution in [-0.4, -0.2) is 34.4 Å². The van der Waals surface area contributed by atoms with Crippen LogP contribution in [0.3, 0.4) is 0 Å². The number of carbonyl (C=O) groups excluding carboxylic acids is 1. The lowest BCUT2D eigenvalue weighted by atomic mass is 9.40. The largest absolute Gasteiger partial charge is 0.481 e. The summed E-state index contributed by atoms with van der Waals surface area (Å²) < 4.78 is 5.68. The second kappa shape index (κ2) is 5.82. The summed E-state index contributed by atoms with van der Waals surface area (Å²) in [6.45, 7) is 9.75. The molecule has 0 amide bonds. The molecule has 1 spiro atoms. The molecule has 0 radical (unpaired) electrons. The van der Waals surface area contributed by atoms with Gasteiger partial charge in [0, 0.05) is 18.3 Å². The van der Waals surface area contributed by atoms with Gasteiger partial charge in [-0.2, -0.15) is 0 Å². The van der Waals surface area contributed by atoms with E-state index in [4.69, 9.17) is 4.74 Å². The molecular formula is C22H32O5. The van der Waals surface area contributed by atoms with E-state index in [0.29, 0.717) is 12.8 Å². The zero-order chi connectivity index (χ0) is 19.8. The van der Waals surface area contributed by atoms with E-state index in [9.17, 15) is 19.8 Å². The van der Waals surface area contributed by atoms with Crippen LogP contribution in [0.15, 0.2) is 12.2 Å². The molecule has 0 heterocycles. The molecule has 5 nitrogen and oxygen atoms in total. The SMILES string of the molecule is C=C1[C@@H]2C[C@@]3(CC[C@H]4[C@@](C)(CCC[C@@]4(C)C(=O)O)[C@@H]3C[C@@H]2OC(C)=O)[C@H]1O. The lowest BCUT2D eigenvalue weighted by molar-refractivity contribution is -0.200. The summed E-state index contributed by atoms with van der Waals surface area (Å²) in [4.78, 5) is 23.9. The van der Waals surface area contributed by atoms with Crippen molar-refractivity contribution in [3.63, 3.8) is 0 Å². The van der Waals surface area contributed by atoms with Crippen molar-refractivity contribution in [2.24, 2.45) is 34.0 Å². The minimum absolute atomic E-state index is 0.0229. The lowest BCUT2D eigenvalue weighted by Gasteiger charge is -2.64. The Labute approximate surface area is 161 Å². The minimum Gasteiger partial charge on any atom is -0.481 e. The van der Waals surface area contributed by atoms with E-state index in [0.717, 1.165) is 37.7 Å². The molecule has 0 aromatic heterocycles. The highest BCUT2D eigenvalue weighted by Crippen LogP contribution is 2.72. The van der Waals surface area contributed by atoms with Gasteiger partial charge in [-0.1, -0.05) is 19.9 Å². The highest BCUT2D eigenvalue weighted by atomic mass is 16.5. The summed E-state index contributed by atoms with van der Waals surface area (Å²) in [5, 5.41) is 21.2. The molecule has 4 saturated carbocycles. The van der Waals surface area contributed by atoms with Crippen LogP contribution < -0.4 is 0 Å². The maximum Gasteiger partial charge on any atom is 0.309 e. The Morgan fingerprint density at radius 2 is 1.89 bits per heavy atom. The normalized spacial score (nSPS) is 51.3. The standard InChI is InChI=1S/C22H32O5/c1-12-14-11-22(18(12)24)9-6-16-20(3,7-5-8-21(16,4)19(25)26)17(22)10-15(14)27-13(2)23/h14-18,24H,1,5-11H2,2-4H3,(H,25,26)/t14-,15-,16-,17-,18-,20+,21+,22+/m0/s1. The number of esters is 1. The van der Waals surface area contributed by atoms with Crippen molar-refractivity contribution in [1.29, 1.82) is 0 Å². The van der Waals surface area contributed by atoms with Crippen molar-refractivity contribution < 1.29 is 24.5 Å². The number of rotatable bonds is 2. The summed E-state index contributed by atoms with van der Waals surface area (Å²) in [6.07, 6.45) is 4.95. The van der Waals surface area contributed by atoms with Gasteiger partial charge in [0.15, 0.2) is 0 Å². The summed E-state index contributed by atoms with van der Waals surface area (Å²) >= 11 is 0. The van der Waals surface area contributed by atoms with Crippen LogP contribution >= 0.6 is 0 Å². The molecule has 4 rings (SSSR count). The molecule has 0 aliphatic heterocycles. The Bertz CT molecular complexity index is 701. The van der Waals surface area contributed by atoms with Crippen LogP contribution in [0, 0.1) is 34.0 Å². The van der Waals surface area contributed by atoms with Crippen molar-refractivity contribution in [1.82, 2.24) is 0 Å². The van der Waals surface area contributed by atoms with Gasteiger partial charge in [0.2, 0.25) is 0 Å². The molecule has 2 bridgehead atoms. The van der Waals surface area contributed by atoms with Crippen molar-refractivity contribution >= 4 is 11.9 Å². The molecule has 8 atom stereocenters. The lowest BCUT2D eigenvalue weighted by Crippen LogP contribution is -2.61. The van der Waals surface area contributed by atoms with Crippen LogP contribution in [0.5, 0.6) is 0 Å². The first-order valence-electron chi connectivity index (χ1n) is 10.3. The van der Waals surface area contributed by atoms with Gasteiger partial charge in [-0.25, -0.2) is 0 Å². The highest BCUT2D eigenvalue weighted by Gasteiger charge is 2.69. The Hall–Kier alpha value is -1.36. The second-order valence-corrected chi connectivity index (χ2v) is 10.1. The van der Waals surface area contributed by atoms with Gasteiger partial charge in [-0.15, -0.1) is 0 Å². The number of carboxylic acids is 1. The van der Waals surface area contributed by atoms with Crippen LogP contribution in [0.2, 0.25) is 0 Å². The first kappa shape index (κ1) is 19.0. The summed E-state index contributed by atoms with van der Waals surface area (Å²) in [5.74, 6) is -0.732. The van der Waals surface area contributed by atoms with Gasteiger partial charge in [-0.3, -0.25) is 9.59 Å². The Morgan fingerprint density at radius 3 is 2.52 bits per heavy atom. The van der Waals surface area contributed by atoms with Crippen LogP contribution in [0.4, 0.5) is 0 Å². The third-order valence-electron chi connectivity index (χ3n) is 9.06. The van der Waals surface area contributed by atoms with E-state index in [1.807, 2.05) is 6.92 Å². The third-order valence-corrected chi connectivity index (χ3v) is 9.06. The van der Waals surface area contributed by atoms with Gasteiger partial charge < -0.3 is 14.9 Å². The molecule has 2 N–H and O–H groups in total. The number of fused-ring (bicyclic) bond motifs is 3. The molecule has 0 aromatic rings. The van der Waals surface area contributed by atoms with Crippen molar-refractivity contribution in [2.75, 3.05) is 0 Å². The fourth-order valence-electron chi connectivity index (χ4n) is 7.89. The molecule has 4 fully saturated rings. The monoisotopic (exact) mass is 376 g/mol. The second-order valence-electron chi connectivity index (χ2n) is 10.1. The van der Waals surface area contributed by atoms with Crippen LogP contribution in [0.25, 0.3) is 0 Å². The van der Waals surface area contributed by atoms with E-state index < -0.39 is 17.5 Å². The molecule has 0 saturated heterocycles. The average Bonchev–Trinajstić information content (AvgIpc) is 2.78. The molecule has 4 aliphatic rings. The fraction of sp³-hybridized carbons (Fsp3) is 0.818. The van der Waals surface area contributed by atoms with E-state index >= 15 is 0 Å². The molecule has 27 heavy (non-hydrogen) atoms. The topological polar surface area (TPSA) is 83.8 Å². The van der Waals surface area contributed by atoms with Gasteiger partial charge in [-0.05, 0) is 68.3 Å². The predicted molar refractivity (Wildman–Crippen MR) is 99.8 cm³/mol. The van der Waals surface area contributed by atoms with E-state index in [1.54, 1.807) is 0 Å². The van der Waals surface area contributed by atoms with E-state index in [2.05, 4.69) is 13.5 Å². The molecular weight excluding hydrogens is 344 g/mol. The van der Waals surface area contributed by atoms with Crippen LogP contribution in [-0.2, 0) is 14.3 Å². The quantitative estimate of drug-likeness (QED) is 0.569. The number of aliphatic hydroxyl groups is 1. The zero-order valence-corrected chi connectivity index (χ0v) is 16.7. The number of hydrogen-bond donors (Lipinski definition) is 2. The van der Waals surface area contributed by atoms with E-state index in [1.165, 1.54) is 6.92 Å². The minimum atomic E-state index is -0.719. The smallest absolute Gasteiger partial charge is 0.309 e. The Morgan fingerprint density at radius 1 is 1.19 bits per heavy atom. The molecule has 150 valence electrons. The van der Waals surface area contributed by atoms with Gasteiger partial charge in [0.05, 0.1) is 11.5 Å². The Kier molecular flexibility index (Phi) is 4.09. The van der Waals surface area contributed by atoms with Crippen molar-refractivity contribution in [2.45, 2.75) is 77.9 Å². The molecule has 0 aromatic carbocycles. The Balaban J connectivity index is 1.78. The summed E-state index contributed by atoms with van der Waals surface area (Å²) in [7, 11) is 0. The first-order valence-corrected chi connectivity index (χ1v) is 10.3. The maximum atomic E-state index is 12.2. The van der Waals surface area contributed by atoms with Crippen molar-refractivity contribution in [3.05, 3.63) is 12.2 Å². The third kappa shape index (κ3) is 2.33. The van der Waals surface area contributed by atoms with Gasteiger partial charge >= 0.3 is 11.9 Å². The first-order chi connectivity index (χ1) is 12.6. The van der Waals surface area contributed by atoms with Gasteiger partial charge in [0.1, 0.15) is 6.10 Å². The molecule has 5 heteroatoms. The predicted octanol–water partition coefficient (Wildman–Crippen LogP) is 3.55. The number of ether oxygens (including phenoxy) is 1. The highest BCUT2D eigenvalue weighted by molar-refractivity contribution is 5.75. The van der Waals surface area contributed by atoms with Gasteiger partial charge in [0.25, 0.3) is 0 Å². The summed E-state index contributed by atoms with van der Waals surface area (Å²) in [6, 6.07) is 0. The molecule has 0 unspecified atom stereocenters. The number of aliphatic hydroxyl groups excluding tert-OH is 1. The number of hydrogen-bond acceptors (Lipinski definition) is 4. The number of carbonyl (C=O) groups is 2. The average molecular weight is 376 g/mol. The maximum absolute atomic E-state index is 12.2. The summed E-state index contributed by atoms with van der Waals surface area (Å²) in [5.41, 5.74) is -0.315. The van der Waals surface area contributed by atoms with Crippen LogP contribution in [0.1, 0.15) is 65.7 Å². The number of carboxylic acid groups (broad SMARTS) is 1.